The van der Waals surface area contributed by atoms with Gasteiger partial charge in [-0.3, -0.25) is 9.59 Å². The number of rotatable bonds is 5. The van der Waals surface area contributed by atoms with Crippen LogP contribution < -0.4 is 5.32 Å². The standard InChI is InChI=1S/C25H28N4O3/c1-16(2)18-6-8-20(9-7-18)25(31)29-14-4-5-21(15-29)24-27-23(28-32-24)19-10-12-22(13-11-19)26-17(3)30/h6-13,16,21H,4-5,14-15H2,1-3H3,(H,26,30)/t21-/m1/s1. The summed E-state index contributed by atoms with van der Waals surface area (Å²) in [6, 6.07) is 15.2. The topological polar surface area (TPSA) is 88.3 Å². The normalized spacial score (nSPS) is 16.2. The van der Waals surface area contributed by atoms with E-state index in [0.29, 0.717) is 35.4 Å². The van der Waals surface area contributed by atoms with E-state index in [0.717, 1.165) is 24.9 Å². The van der Waals surface area contributed by atoms with Gasteiger partial charge in [-0.2, -0.15) is 4.98 Å². The van der Waals surface area contributed by atoms with Gasteiger partial charge < -0.3 is 14.7 Å². The quantitative estimate of drug-likeness (QED) is 0.623. The number of carbonyl (C=O) groups excluding carboxylic acids is 2. The zero-order chi connectivity index (χ0) is 22.7. The van der Waals surface area contributed by atoms with E-state index in [1.54, 1.807) is 12.1 Å². The van der Waals surface area contributed by atoms with Crippen LogP contribution in [0.5, 0.6) is 0 Å². The Hall–Kier alpha value is -3.48. The van der Waals surface area contributed by atoms with Crippen LogP contribution in [0.2, 0.25) is 0 Å². The Labute approximate surface area is 187 Å². The predicted octanol–water partition coefficient (Wildman–Crippen LogP) is 4.84. The summed E-state index contributed by atoms with van der Waals surface area (Å²) in [5, 5.41) is 6.87. The molecular formula is C25H28N4O3. The first-order valence-electron chi connectivity index (χ1n) is 11.0. The summed E-state index contributed by atoms with van der Waals surface area (Å²) in [5.74, 6) is 1.43. The minimum Gasteiger partial charge on any atom is -0.339 e. The third-order valence-electron chi connectivity index (χ3n) is 5.79. The van der Waals surface area contributed by atoms with E-state index >= 15 is 0 Å². The predicted molar refractivity (Wildman–Crippen MR) is 122 cm³/mol. The molecule has 1 aromatic heterocycles. The third-order valence-corrected chi connectivity index (χ3v) is 5.79. The average molecular weight is 433 g/mol. The number of benzene rings is 2. The zero-order valence-corrected chi connectivity index (χ0v) is 18.7. The van der Waals surface area contributed by atoms with E-state index in [2.05, 4.69) is 29.3 Å². The van der Waals surface area contributed by atoms with E-state index < -0.39 is 0 Å². The first kappa shape index (κ1) is 21.7. The lowest BCUT2D eigenvalue weighted by atomic mass is 9.96. The number of amides is 2. The fourth-order valence-electron chi connectivity index (χ4n) is 3.98. The van der Waals surface area contributed by atoms with Gasteiger partial charge in [0.15, 0.2) is 0 Å². The maximum absolute atomic E-state index is 13.0. The van der Waals surface area contributed by atoms with Gasteiger partial charge in [-0.05, 0) is 60.7 Å². The second kappa shape index (κ2) is 9.34. The Bertz CT molecular complexity index is 1090. The van der Waals surface area contributed by atoms with Crippen LogP contribution in [0.1, 0.15) is 67.3 Å². The summed E-state index contributed by atoms with van der Waals surface area (Å²) in [6.45, 7) is 7.04. The molecule has 1 atom stereocenters. The molecule has 0 bridgehead atoms. The molecule has 32 heavy (non-hydrogen) atoms. The Balaban J connectivity index is 1.44. The van der Waals surface area contributed by atoms with Crippen LogP contribution in [0.15, 0.2) is 53.1 Å². The molecule has 0 radical (unpaired) electrons. The van der Waals surface area contributed by atoms with Gasteiger partial charge in [0.1, 0.15) is 0 Å². The number of hydrogen-bond donors (Lipinski definition) is 1. The molecule has 1 aliphatic heterocycles. The zero-order valence-electron chi connectivity index (χ0n) is 18.7. The molecule has 1 saturated heterocycles. The van der Waals surface area contributed by atoms with Crippen molar-refractivity contribution in [2.75, 3.05) is 18.4 Å². The van der Waals surface area contributed by atoms with Gasteiger partial charge in [0.2, 0.25) is 17.6 Å². The van der Waals surface area contributed by atoms with Crippen LogP contribution in [0, 0.1) is 0 Å². The van der Waals surface area contributed by atoms with Crippen molar-refractivity contribution in [1.82, 2.24) is 15.0 Å². The number of aromatic nitrogens is 2. The van der Waals surface area contributed by atoms with Crippen LogP contribution >= 0.6 is 0 Å². The highest BCUT2D eigenvalue weighted by atomic mass is 16.5. The molecule has 2 amide bonds. The lowest BCUT2D eigenvalue weighted by Gasteiger charge is -2.31. The summed E-state index contributed by atoms with van der Waals surface area (Å²) in [5.41, 5.74) is 3.46. The number of likely N-dealkylation sites (tertiary alicyclic amines) is 1. The largest absolute Gasteiger partial charge is 0.339 e. The molecule has 1 N–H and O–H groups in total. The summed E-state index contributed by atoms with van der Waals surface area (Å²) in [6.07, 6.45) is 1.79. The molecule has 3 aromatic rings. The van der Waals surface area contributed by atoms with Crippen molar-refractivity contribution >= 4 is 17.5 Å². The smallest absolute Gasteiger partial charge is 0.253 e. The third kappa shape index (κ3) is 4.88. The van der Waals surface area contributed by atoms with Gasteiger partial charge in [-0.25, -0.2) is 0 Å². The minimum absolute atomic E-state index is 0.0162. The fraction of sp³-hybridized carbons (Fsp3) is 0.360. The van der Waals surface area contributed by atoms with E-state index in [1.165, 1.54) is 12.5 Å². The number of nitrogens with one attached hydrogen (secondary N) is 1. The lowest BCUT2D eigenvalue weighted by molar-refractivity contribution is -0.114. The molecule has 2 aromatic carbocycles. The Morgan fingerprint density at radius 2 is 1.81 bits per heavy atom. The Morgan fingerprint density at radius 3 is 2.47 bits per heavy atom. The lowest BCUT2D eigenvalue weighted by Crippen LogP contribution is -2.39. The molecule has 0 aliphatic carbocycles. The van der Waals surface area contributed by atoms with Crippen LogP contribution in [0.25, 0.3) is 11.4 Å². The summed E-state index contributed by atoms with van der Waals surface area (Å²) in [7, 11) is 0. The van der Waals surface area contributed by atoms with E-state index in [9.17, 15) is 9.59 Å². The van der Waals surface area contributed by atoms with Gasteiger partial charge in [0.05, 0.1) is 5.92 Å². The van der Waals surface area contributed by atoms with Crippen molar-refractivity contribution in [3.05, 3.63) is 65.5 Å². The maximum Gasteiger partial charge on any atom is 0.253 e. The van der Waals surface area contributed by atoms with Crippen molar-refractivity contribution in [2.45, 2.75) is 45.4 Å². The molecule has 4 rings (SSSR count). The molecule has 1 aliphatic rings. The first-order valence-corrected chi connectivity index (χ1v) is 11.0. The second-order valence-electron chi connectivity index (χ2n) is 8.58. The maximum atomic E-state index is 13.0. The molecule has 1 fully saturated rings. The minimum atomic E-state index is -0.119. The van der Waals surface area contributed by atoms with E-state index in [4.69, 9.17) is 4.52 Å². The molecule has 7 nitrogen and oxygen atoms in total. The Morgan fingerprint density at radius 1 is 1.09 bits per heavy atom. The fourth-order valence-corrected chi connectivity index (χ4v) is 3.98. The monoisotopic (exact) mass is 432 g/mol. The average Bonchev–Trinajstić information content (AvgIpc) is 3.29. The first-order chi connectivity index (χ1) is 15.4. The molecule has 0 saturated carbocycles. The van der Waals surface area contributed by atoms with Crippen molar-refractivity contribution in [1.29, 1.82) is 0 Å². The van der Waals surface area contributed by atoms with Crippen molar-refractivity contribution in [2.24, 2.45) is 0 Å². The summed E-state index contributed by atoms with van der Waals surface area (Å²) in [4.78, 5) is 30.7. The number of carbonyl (C=O) groups is 2. The number of nitrogens with zero attached hydrogens (tertiary/aromatic N) is 3. The number of piperidine rings is 1. The highest BCUT2D eigenvalue weighted by Gasteiger charge is 2.29. The van der Waals surface area contributed by atoms with Crippen LogP contribution in [0.4, 0.5) is 5.69 Å². The van der Waals surface area contributed by atoms with Gasteiger partial charge in [0.25, 0.3) is 5.91 Å². The Kier molecular flexibility index (Phi) is 6.35. The van der Waals surface area contributed by atoms with Crippen molar-refractivity contribution < 1.29 is 14.1 Å². The van der Waals surface area contributed by atoms with Gasteiger partial charge in [-0.1, -0.05) is 31.1 Å². The van der Waals surface area contributed by atoms with Crippen molar-refractivity contribution in [3.63, 3.8) is 0 Å². The SMILES string of the molecule is CC(=O)Nc1ccc(-c2noc([C@@H]3CCCN(C(=O)c4ccc(C(C)C)cc4)C3)n2)cc1. The van der Waals surface area contributed by atoms with Crippen LogP contribution in [-0.4, -0.2) is 39.9 Å². The highest BCUT2D eigenvalue weighted by molar-refractivity contribution is 5.94. The van der Waals surface area contributed by atoms with Crippen molar-refractivity contribution in [3.8, 4) is 11.4 Å². The van der Waals surface area contributed by atoms with Gasteiger partial charge in [0, 0.05) is 36.8 Å². The molecule has 2 heterocycles. The number of anilines is 1. The highest BCUT2D eigenvalue weighted by Crippen LogP contribution is 2.29. The summed E-state index contributed by atoms with van der Waals surface area (Å²) < 4.78 is 5.56. The second-order valence-corrected chi connectivity index (χ2v) is 8.58. The molecule has 0 unspecified atom stereocenters. The molecular weight excluding hydrogens is 404 g/mol. The van der Waals surface area contributed by atoms with E-state index in [1.807, 2.05) is 41.3 Å². The van der Waals surface area contributed by atoms with Crippen LogP contribution in [0.3, 0.4) is 0 Å². The van der Waals surface area contributed by atoms with Crippen LogP contribution in [-0.2, 0) is 4.79 Å². The van der Waals surface area contributed by atoms with Gasteiger partial charge >= 0.3 is 0 Å². The molecule has 7 heteroatoms. The molecule has 0 spiro atoms. The van der Waals surface area contributed by atoms with Gasteiger partial charge in [-0.15, -0.1) is 0 Å². The number of hydrogen-bond acceptors (Lipinski definition) is 5. The molecule has 166 valence electrons. The summed E-state index contributed by atoms with van der Waals surface area (Å²) >= 11 is 0. The van der Waals surface area contributed by atoms with E-state index in [-0.39, 0.29) is 17.7 Å².